The Bertz CT molecular complexity index is 1080. The van der Waals surface area contributed by atoms with Crippen molar-refractivity contribution in [3.63, 3.8) is 0 Å². The zero-order valence-corrected chi connectivity index (χ0v) is 16.8. The molecule has 30 heavy (non-hydrogen) atoms. The number of hydrogen-bond donors (Lipinski definition) is 3. The van der Waals surface area contributed by atoms with Gasteiger partial charge in [-0.05, 0) is 40.3 Å². The van der Waals surface area contributed by atoms with Crippen molar-refractivity contribution < 1.29 is 9.90 Å². The molecular formula is C25H25N3O2. The number of aliphatic hydroxyl groups is 1. The highest BCUT2D eigenvalue weighted by Gasteiger charge is 2.17. The molecule has 0 aliphatic rings. The summed E-state index contributed by atoms with van der Waals surface area (Å²) in [6, 6.07) is 26.9. The lowest BCUT2D eigenvalue weighted by Crippen LogP contribution is -2.40. The van der Waals surface area contributed by atoms with Crippen LogP contribution in [-0.2, 0) is 7.05 Å². The maximum atomic E-state index is 12.6. The van der Waals surface area contributed by atoms with Gasteiger partial charge in [0.25, 0.3) is 0 Å². The first kappa shape index (κ1) is 19.7. The maximum absolute atomic E-state index is 12.6. The number of aliphatic hydroxyl groups excluding tert-OH is 1. The molecule has 0 fully saturated rings. The van der Waals surface area contributed by atoms with Gasteiger partial charge in [-0.1, -0.05) is 66.7 Å². The second-order valence-electron chi connectivity index (χ2n) is 7.37. The Hall–Kier alpha value is -3.57. The number of carbonyl (C=O) groups is 1. The van der Waals surface area contributed by atoms with Gasteiger partial charge in [0.05, 0.1) is 12.1 Å². The average Bonchev–Trinajstić information content (AvgIpc) is 3.17. The number of urea groups is 1. The fourth-order valence-corrected chi connectivity index (χ4v) is 3.65. The zero-order valence-electron chi connectivity index (χ0n) is 16.8. The molecule has 0 spiro atoms. The normalized spacial score (nSPS) is 12.1. The SMILES string of the molecule is Cn1ccc2cc(C(O)CNC(=O)NC(c3ccccc3)c3ccccc3)ccc21. The molecule has 0 saturated carbocycles. The minimum Gasteiger partial charge on any atom is -0.387 e. The number of hydrogen-bond acceptors (Lipinski definition) is 2. The van der Waals surface area contributed by atoms with Crippen LogP contribution in [0.15, 0.2) is 91.1 Å². The number of carbonyl (C=O) groups excluding carboxylic acids is 1. The van der Waals surface area contributed by atoms with Gasteiger partial charge < -0.3 is 20.3 Å². The molecule has 0 aliphatic carbocycles. The molecule has 5 heteroatoms. The average molecular weight is 399 g/mol. The van der Waals surface area contributed by atoms with Crippen LogP contribution in [0.25, 0.3) is 10.9 Å². The third-order valence-electron chi connectivity index (χ3n) is 5.29. The van der Waals surface area contributed by atoms with Gasteiger partial charge in [0.2, 0.25) is 0 Å². The van der Waals surface area contributed by atoms with Gasteiger partial charge in [-0.3, -0.25) is 0 Å². The van der Waals surface area contributed by atoms with E-state index >= 15 is 0 Å². The van der Waals surface area contributed by atoms with E-state index in [4.69, 9.17) is 0 Å². The molecule has 5 nitrogen and oxygen atoms in total. The van der Waals surface area contributed by atoms with E-state index in [1.807, 2.05) is 103 Å². The van der Waals surface area contributed by atoms with Gasteiger partial charge in [-0.25, -0.2) is 4.79 Å². The molecule has 1 atom stereocenters. The van der Waals surface area contributed by atoms with Gasteiger partial charge >= 0.3 is 6.03 Å². The summed E-state index contributed by atoms with van der Waals surface area (Å²) in [7, 11) is 1.99. The van der Waals surface area contributed by atoms with Crippen molar-refractivity contribution in [3.05, 3.63) is 108 Å². The molecule has 1 heterocycles. The Balaban J connectivity index is 1.43. The summed E-state index contributed by atoms with van der Waals surface area (Å²) in [5.41, 5.74) is 3.87. The van der Waals surface area contributed by atoms with E-state index in [-0.39, 0.29) is 18.6 Å². The molecule has 152 valence electrons. The van der Waals surface area contributed by atoms with E-state index in [9.17, 15) is 9.90 Å². The molecule has 4 aromatic rings. The van der Waals surface area contributed by atoms with E-state index in [1.54, 1.807) is 0 Å². The molecule has 3 N–H and O–H groups in total. The third kappa shape index (κ3) is 4.36. The number of fused-ring (bicyclic) bond motifs is 1. The monoisotopic (exact) mass is 399 g/mol. The van der Waals surface area contributed by atoms with Crippen molar-refractivity contribution in [3.8, 4) is 0 Å². The van der Waals surface area contributed by atoms with Gasteiger partial charge in [0.1, 0.15) is 0 Å². The van der Waals surface area contributed by atoms with Crippen molar-refractivity contribution in [2.75, 3.05) is 6.54 Å². The lowest BCUT2D eigenvalue weighted by molar-refractivity contribution is 0.173. The van der Waals surface area contributed by atoms with Crippen LogP contribution >= 0.6 is 0 Å². The molecule has 1 unspecified atom stereocenters. The summed E-state index contributed by atoms with van der Waals surface area (Å²) >= 11 is 0. The number of amides is 2. The standard InChI is InChI=1S/C25H25N3O2/c1-28-15-14-20-16-21(12-13-22(20)28)23(29)17-26-25(30)27-24(18-8-4-2-5-9-18)19-10-6-3-7-11-19/h2-16,23-24,29H,17H2,1H3,(H2,26,27,30). The summed E-state index contributed by atoms with van der Waals surface area (Å²) < 4.78 is 2.03. The van der Waals surface area contributed by atoms with Gasteiger partial charge in [0.15, 0.2) is 0 Å². The Morgan fingerprint density at radius 3 is 2.17 bits per heavy atom. The fraction of sp³-hybridized carbons (Fsp3) is 0.160. The first-order valence-electron chi connectivity index (χ1n) is 9.99. The van der Waals surface area contributed by atoms with Crippen LogP contribution in [0.3, 0.4) is 0 Å². The predicted molar refractivity (Wildman–Crippen MR) is 119 cm³/mol. The zero-order chi connectivity index (χ0) is 20.9. The summed E-state index contributed by atoms with van der Waals surface area (Å²) in [6.45, 7) is 0.125. The number of nitrogens with zero attached hydrogens (tertiary/aromatic N) is 1. The summed E-state index contributed by atoms with van der Waals surface area (Å²) in [5.74, 6) is 0. The van der Waals surface area contributed by atoms with Crippen molar-refractivity contribution in [2.45, 2.75) is 12.1 Å². The fourth-order valence-electron chi connectivity index (χ4n) is 3.65. The molecular weight excluding hydrogens is 374 g/mol. The quantitative estimate of drug-likeness (QED) is 0.453. The Kier molecular flexibility index (Phi) is 5.82. The second-order valence-corrected chi connectivity index (χ2v) is 7.37. The smallest absolute Gasteiger partial charge is 0.315 e. The first-order chi connectivity index (χ1) is 14.6. The topological polar surface area (TPSA) is 66.3 Å². The molecule has 2 amide bonds. The lowest BCUT2D eigenvalue weighted by atomic mass is 9.99. The summed E-state index contributed by atoms with van der Waals surface area (Å²) in [4.78, 5) is 12.6. The van der Waals surface area contributed by atoms with Crippen molar-refractivity contribution in [1.29, 1.82) is 0 Å². The molecule has 4 rings (SSSR count). The van der Waals surface area contributed by atoms with Crippen LogP contribution in [0.2, 0.25) is 0 Å². The Morgan fingerprint density at radius 2 is 1.53 bits per heavy atom. The second kappa shape index (κ2) is 8.84. The predicted octanol–water partition coefficient (Wildman–Crippen LogP) is 4.30. The van der Waals surface area contributed by atoms with E-state index in [1.165, 1.54) is 0 Å². The number of benzene rings is 3. The molecule has 0 radical (unpaired) electrons. The Morgan fingerprint density at radius 1 is 0.900 bits per heavy atom. The van der Waals surface area contributed by atoms with Crippen LogP contribution < -0.4 is 10.6 Å². The molecule has 3 aromatic carbocycles. The van der Waals surface area contributed by atoms with E-state index < -0.39 is 6.10 Å². The van der Waals surface area contributed by atoms with Crippen LogP contribution in [0.5, 0.6) is 0 Å². The Labute approximate surface area is 176 Å². The van der Waals surface area contributed by atoms with Crippen LogP contribution in [0, 0.1) is 0 Å². The van der Waals surface area contributed by atoms with Gasteiger partial charge in [-0.15, -0.1) is 0 Å². The lowest BCUT2D eigenvalue weighted by Gasteiger charge is -2.21. The molecule has 1 aromatic heterocycles. The number of aryl methyl sites for hydroxylation is 1. The van der Waals surface area contributed by atoms with Crippen LogP contribution in [0.1, 0.15) is 28.8 Å². The van der Waals surface area contributed by atoms with Crippen molar-refractivity contribution >= 4 is 16.9 Å². The number of aromatic nitrogens is 1. The van der Waals surface area contributed by atoms with Gasteiger partial charge in [-0.2, -0.15) is 0 Å². The minimum absolute atomic E-state index is 0.125. The highest BCUT2D eigenvalue weighted by molar-refractivity contribution is 5.81. The highest BCUT2D eigenvalue weighted by Crippen LogP contribution is 2.22. The van der Waals surface area contributed by atoms with Gasteiger partial charge in [0, 0.05) is 25.3 Å². The van der Waals surface area contributed by atoms with Crippen LogP contribution in [0.4, 0.5) is 4.79 Å². The largest absolute Gasteiger partial charge is 0.387 e. The molecule has 0 saturated heterocycles. The number of rotatable bonds is 6. The van der Waals surface area contributed by atoms with E-state index in [2.05, 4.69) is 10.6 Å². The maximum Gasteiger partial charge on any atom is 0.315 e. The minimum atomic E-state index is -0.785. The van der Waals surface area contributed by atoms with Crippen molar-refractivity contribution in [2.24, 2.45) is 7.05 Å². The molecule has 0 aliphatic heterocycles. The summed E-state index contributed by atoms with van der Waals surface area (Å²) in [6.07, 6.45) is 1.20. The number of nitrogens with one attached hydrogen (secondary N) is 2. The molecule has 0 bridgehead atoms. The third-order valence-corrected chi connectivity index (χ3v) is 5.29. The van der Waals surface area contributed by atoms with E-state index in [0.717, 1.165) is 27.6 Å². The highest BCUT2D eigenvalue weighted by atomic mass is 16.3. The summed E-state index contributed by atoms with van der Waals surface area (Å²) in [5, 5.41) is 17.4. The first-order valence-corrected chi connectivity index (χ1v) is 9.99. The van der Waals surface area contributed by atoms with Crippen molar-refractivity contribution in [1.82, 2.24) is 15.2 Å². The van der Waals surface area contributed by atoms with Crippen LogP contribution in [-0.4, -0.2) is 22.2 Å². The van der Waals surface area contributed by atoms with E-state index in [0.29, 0.717) is 0 Å².